The second-order valence-corrected chi connectivity index (χ2v) is 7.55. The van der Waals surface area contributed by atoms with E-state index in [-0.39, 0.29) is 5.92 Å². The lowest BCUT2D eigenvalue weighted by atomic mass is 9.92. The molecule has 26 heavy (non-hydrogen) atoms. The first-order valence-electron chi connectivity index (χ1n) is 9.80. The number of likely N-dealkylation sites (tertiary alicyclic amines) is 1. The quantitative estimate of drug-likeness (QED) is 0.780. The number of aliphatic hydroxyl groups excluding tert-OH is 1. The Morgan fingerprint density at radius 3 is 2.00 bits per heavy atom. The van der Waals surface area contributed by atoms with Crippen molar-refractivity contribution in [2.24, 2.45) is 5.92 Å². The standard InChI is InChI=1S/C23H31NO2/c1-19-12-14-24(15-13-19)16-22(25)17-26-18-23(20-8-4-2-5-9-20)21-10-6-3-7-11-21/h2-11,19,22-23,25H,12-18H2,1H3/t22-/m1/s1. The fourth-order valence-corrected chi connectivity index (χ4v) is 3.67. The Kier molecular flexibility index (Phi) is 7.24. The highest BCUT2D eigenvalue weighted by molar-refractivity contribution is 5.32. The molecule has 1 fully saturated rings. The lowest BCUT2D eigenvalue weighted by molar-refractivity contribution is 0.00913. The van der Waals surface area contributed by atoms with Gasteiger partial charge in [0.25, 0.3) is 0 Å². The maximum Gasteiger partial charge on any atom is 0.0900 e. The zero-order chi connectivity index (χ0) is 18.2. The van der Waals surface area contributed by atoms with Gasteiger partial charge in [0.05, 0.1) is 19.3 Å². The second kappa shape index (κ2) is 9.86. The third-order valence-corrected chi connectivity index (χ3v) is 5.34. The Balaban J connectivity index is 1.52. The number of ether oxygens (including phenoxy) is 1. The average Bonchev–Trinajstić information content (AvgIpc) is 2.68. The summed E-state index contributed by atoms with van der Waals surface area (Å²) in [5, 5.41) is 10.4. The second-order valence-electron chi connectivity index (χ2n) is 7.55. The number of β-amino-alcohol motifs (C(OH)–C–C–N with tert-alkyl or cyclic N) is 1. The lowest BCUT2D eigenvalue weighted by Gasteiger charge is -2.31. The van der Waals surface area contributed by atoms with Crippen LogP contribution in [0.1, 0.15) is 36.8 Å². The molecule has 1 atom stereocenters. The van der Waals surface area contributed by atoms with Gasteiger partial charge < -0.3 is 14.7 Å². The molecule has 0 radical (unpaired) electrons. The van der Waals surface area contributed by atoms with Crippen molar-refractivity contribution in [2.45, 2.75) is 31.8 Å². The Bertz CT molecular complexity index is 584. The zero-order valence-corrected chi connectivity index (χ0v) is 15.8. The molecule has 1 saturated heterocycles. The van der Waals surface area contributed by atoms with E-state index in [0.29, 0.717) is 19.8 Å². The van der Waals surface area contributed by atoms with E-state index >= 15 is 0 Å². The monoisotopic (exact) mass is 353 g/mol. The van der Waals surface area contributed by atoms with E-state index in [2.05, 4.69) is 60.4 Å². The molecule has 0 aliphatic carbocycles. The van der Waals surface area contributed by atoms with Gasteiger partial charge in [-0.1, -0.05) is 67.6 Å². The number of aliphatic hydroxyl groups is 1. The first kappa shape index (κ1) is 19.1. The summed E-state index contributed by atoms with van der Waals surface area (Å²) >= 11 is 0. The fourth-order valence-electron chi connectivity index (χ4n) is 3.67. The van der Waals surface area contributed by atoms with Gasteiger partial charge in [0, 0.05) is 12.5 Å². The normalized spacial score (nSPS) is 17.5. The van der Waals surface area contributed by atoms with Crippen LogP contribution in [0.3, 0.4) is 0 Å². The Morgan fingerprint density at radius 2 is 1.46 bits per heavy atom. The number of piperidine rings is 1. The fraction of sp³-hybridized carbons (Fsp3) is 0.478. The van der Waals surface area contributed by atoms with E-state index in [1.165, 1.54) is 24.0 Å². The largest absolute Gasteiger partial charge is 0.389 e. The average molecular weight is 354 g/mol. The minimum absolute atomic E-state index is 0.195. The van der Waals surface area contributed by atoms with Crippen LogP contribution in [0.15, 0.2) is 60.7 Å². The number of hydrogen-bond acceptors (Lipinski definition) is 3. The van der Waals surface area contributed by atoms with Crippen molar-refractivity contribution in [3.05, 3.63) is 71.8 Å². The molecule has 3 rings (SSSR count). The summed E-state index contributed by atoms with van der Waals surface area (Å²) in [5.41, 5.74) is 2.50. The van der Waals surface area contributed by atoms with Gasteiger partial charge in [-0.25, -0.2) is 0 Å². The molecule has 1 N–H and O–H groups in total. The molecule has 1 aliphatic rings. The van der Waals surface area contributed by atoms with E-state index in [0.717, 1.165) is 19.0 Å². The molecule has 1 aliphatic heterocycles. The molecule has 140 valence electrons. The molecular weight excluding hydrogens is 322 g/mol. The number of benzene rings is 2. The van der Waals surface area contributed by atoms with E-state index in [4.69, 9.17) is 4.74 Å². The smallest absolute Gasteiger partial charge is 0.0900 e. The first-order valence-corrected chi connectivity index (χ1v) is 9.80. The van der Waals surface area contributed by atoms with Crippen LogP contribution in [-0.2, 0) is 4.74 Å². The van der Waals surface area contributed by atoms with Crippen LogP contribution in [0.4, 0.5) is 0 Å². The molecule has 2 aromatic rings. The van der Waals surface area contributed by atoms with Gasteiger partial charge in [-0.05, 0) is 43.0 Å². The molecule has 1 heterocycles. The summed E-state index contributed by atoms with van der Waals surface area (Å²) < 4.78 is 5.95. The minimum Gasteiger partial charge on any atom is -0.389 e. The molecule has 0 spiro atoms. The highest BCUT2D eigenvalue weighted by atomic mass is 16.5. The molecular formula is C23H31NO2. The van der Waals surface area contributed by atoms with Gasteiger partial charge in [-0.2, -0.15) is 0 Å². The summed E-state index contributed by atoms with van der Waals surface area (Å²) in [7, 11) is 0. The van der Waals surface area contributed by atoms with Crippen molar-refractivity contribution in [3.8, 4) is 0 Å². The Hall–Kier alpha value is -1.68. The van der Waals surface area contributed by atoms with E-state index in [1.54, 1.807) is 0 Å². The van der Waals surface area contributed by atoms with Crippen LogP contribution >= 0.6 is 0 Å². The maximum absolute atomic E-state index is 10.4. The molecule has 0 bridgehead atoms. The topological polar surface area (TPSA) is 32.7 Å². The first-order chi connectivity index (χ1) is 12.7. The van der Waals surface area contributed by atoms with Crippen molar-refractivity contribution in [1.82, 2.24) is 4.90 Å². The third-order valence-electron chi connectivity index (χ3n) is 5.34. The summed E-state index contributed by atoms with van der Waals surface area (Å²) in [6.45, 7) is 6.19. The van der Waals surface area contributed by atoms with Gasteiger partial charge in [0.15, 0.2) is 0 Å². The van der Waals surface area contributed by atoms with E-state index < -0.39 is 6.10 Å². The van der Waals surface area contributed by atoms with Crippen LogP contribution in [0.2, 0.25) is 0 Å². The van der Waals surface area contributed by atoms with Gasteiger partial charge >= 0.3 is 0 Å². The molecule has 3 heteroatoms. The SMILES string of the molecule is CC1CCN(C[C@@H](O)COCC(c2ccccc2)c2ccccc2)CC1. The van der Waals surface area contributed by atoms with E-state index in [9.17, 15) is 5.11 Å². The van der Waals surface area contributed by atoms with Crippen molar-refractivity contribution in [2.75, 3.05) is 32.8 Å². The number of rotatable bonds is 8. The highest BCUT2D eigenvalue weighted by Gasteiger charge is 2.19. The van der Waals surface area contributed by atoms with Crippen LogP contribution in [-0.4, -0.2) is 49.0 Å². The summed E-state index contributed by atoms with van der Waals surface area (Å²) in [4.78, 5) is 2.36. The molecule has 3 nitrogen and oxygen atoms in total. The van der Waals surface area contributed by atoms with Crippen molar-refractivity contribution in [1.29, 1.82) is 0 Å². The van der Waals surface area contributed by atoms with Gasteiger partial charge in [-0.3, -0.25) is 0 Å². The summed E-state index contributed by atoms with van der Waals surface area (Å²) in [6.07, 6.45) is 2.05. The van der Waals surface area contributed by atoms with Crippen LogP contribution in [0, 0.1) is 5.92 Å². The lowest BCUT2D eigenvalue weighted by Crippen LogP contribution is -2.40. The zero-order valence-electron chi connectivity index (χ0n) is 15.8. The van der Waals surface area contributed by atoms with Gasteiger partial charge in [-0.15, -0.1) is 0 Å². The van der Waals surface area contributed by atoms with Gasteiger partial charge in [0.1, 0.15) is 0 Å². The van der Waals surface area contributed by atoms with Crippen LogP contribution < -0.4 is 0 Å². The third kappa shape index (κ3) is 5.66. The number of nitrogens with zero attached hydrogens (tertiary/aromatic N) is 1. The van der Waals surface area contributed by atoms with Crippen molar-refractivity contribution >= 4 is 0 Å². The molecule has 0 unspecified atom stereocenters. The predicted molar refractivity (Wildman–Crippen MR) is 106 cm³/mol. The number of hydrogen-bond donors (Lipinski definition) is 1. The Morgan fingerprint density at radius 1 is 0.923 bits per heavy atom. The summed E-state index contributed by atoms with van der Waals surface area (Å²) in [6, 6.07) is 20.9. The van der Waals surface area contributed by atoms with Crippen molar-refractivity contribution < 1.29 is 9.84 Å². The minimum atomic E-state index is -0.421. The van der Waals surface area contributed by atoms with Gasteiger partial charge in [0.2, 0.25) is 0 Å². The molecule has 0 saturated carbocycles. The Labute approximate surface area is 157 Å². The molecule has 0 aromatic heterocycles. The predicted octanol–water partition coefficient (Wildman–Crippen LogP) is 3.93. The molecule has 0 amide bonds. The van der Waals surface area contributed by atoms with E-state index in [1.807, 2.05) is 12.1 Å². The highest BCUT2D eigenvalue weighted by Crippen LogP contribution is 2.25. The van der Waals surface area contributed by atoms with Crippen molar-refractivity contribution in [3.63, 3.8) is 0 Å². The molecule has 2 aromatic carbocycles. The van der Waals surface area contributed by atoms with Crippen LogP contribution in [0.5, 0.6) is 0 Å². The maximum atomic E-state index is 10.4. The summed E-state index contributed by atoms with van der Waals surface area (Å²) in [5.74, 6) is 1.01. The van der Waals surface area contributed by atoms with Crippen LogP contribution in [0.25, 0.3) is 0 Å².